The van der Waals surface area contributed by atoms with Gasteiger partial charge in [0.05, 0.1) is 6.10 Å². The number of halogens is 2. The Morgan fingerprint density at radius 3 is 2.53 bits per heavy atom. The second-order valence-corrected chi connectivity index (χ2v) is 4.13. The van der Waals surface area contributed by atoms with Crippen molar-refractivity contribution in [2.45, 2.75) is 18.9 Å². The van der Waals surface area contributed by atoms with Gasteiger partial charge in [0.25, 0.3) is 0 Å². The van der Waals surface area contributed by atoms with E-state index in [1.165, 1.54) is 24.3 Å². The number of amides is 2. The fourth-order valence-corrected chi connectivity index (χ4v) is 1.74. The van der Waals surface area contributed by atoms with E-state index in [9.17, 15) is 9.18 Å². The fourth-order valence-electron chi connectivity index (χ4n) is 1.74. The monoisotopic (exact) mass is 289 g/mol. The van der Waals surface area contributed by atoms with E-state index in [0.717, 1.165) is 25.9 Å². The summed E-state index contributed by atoms with van der Waals surface area (Å²) >= 11 is 0. The van der Waals surface area contributed by atoms with Crippen LogP contribution in [0.15, 0.2) is 24.3 Å². The maximum absolute atomic E-state index is 12.7. The molecule has 106 valence electrons. The smallest absolute Gasteiger partial charge is 0.317 e. The Morgan fingerprint density at radius 1 is 1.26 bits per heavy atom. The minimum absolute atomic E-state index is 0. The molecule has 5 nitrogen and oxygen atoms in total. The van der Waals surface area contributed by atoms with E-state index < -0.39 is 6.03 Å². The molecule has 1 fully saturated rings. The van der Waals surface area contributed by atoms with Crippen LogP contribution in [-0.4, -0.2) is 25.2 Å². The van der Waals surface area contributed by atoms with Gasteiger partial charge in [0.2, 0.25) is 0 Å². The largest absolute Gasteiger partial charge is 0.343 e. The quantitative estimate of drug-likeness (QED) is 0.746. The summed E-state index contributed by atoms with van der Waals surface area (Å²) in [6, 6.07) is 5.07. The summed E-state index contributed by atoms with van der Waals surface area (Å²) in [6.45, 7) is 1.79. The first-order valence-electron chi connectivity index (χ1n) is 5.93. The summed E-state index contributed by atoms with van der Waals surface area (Å²) in [6.07, 6.45) is 1.79. The minimum atomic E-state index is -0.458. The van der Waals surface area contributed by atoms with Gasteiger partial charge in [-0.1, -0.05) is 0 Å². The Labute approximate surface area is 117 Å². The van der Waals surface area contributed by atoms with Gasteiger partial charge in [-0.05, 0) is 50.2 Å². The zero-order valence-electron chi connectivity index (χ0n) is 10.3. The van der Waals surface area contributed by atoms with Gasteiger partial charge in [-0.15, -0.1) is 12.4 Å². The van der Waals surface area contributed by atoms with Gasteiger partial charge in [0, 0.05) is 5.69 Å². The molecule has 0 radical (unpaired) electrons. The molecule has 2 amide bonds. The maximum Gasteiger partial charge on any atom is 0.343 e. The van der Waals surface area contributed by atoms with Crippen LogP contribution in [0.4, 0.5) is 14.9 Å². The van der Waals surface area contributed by atoms with Crippen molar-refractivity contribution < 1.29 is 14.0 Å². The normalized spacial score (nSPS) is 15.4. The highest BCUT2D eigenvalue weighted by molar-refractivity contribution is 5.88. The molecule has 0 saturated carbocycles. The molecule has 1 aromatic rings. The number of hydroxylamine groups is 1. The molecule has 0 aromatic heterocycles. The molecule has 0 atom stereocenters. The summed E-state index contributed by atoms with van der Waals surface area (Å²) in [7, 11) is 0. The van der Waals surface area contributed by atoms with Gasteiger partial charge in [-0.3, -0.25) is 4.84 Å². The molecule has 0 unspecified atom stereocenters. The van der Waals surface area contributed by atoms with Crippen LogP contribution in [0.1, 0.15) is 12.8 Å². The Bertz CT molecular complexity index is 396. The summed E-state index contributed by atoms with van der Waals surface area (Å²) in [5.41, 5.74) is 2.86. The van der Waals surface area contributed by atoms with Crippen LogP contribution in [-0.2, 0) is 4.84 Å². The van der Waals surface area contributed by atoms with Crippen molar-refractivity contribution in [3.8, 4) is 0 Å². The Balaban J connectivity index is 0.00000180. The first-order valence-corrected chi connectivity index (χ1v) is 5.93. The fraction of sp³-hybridized carbons (Fsp3) is 0.417. The summed E-state index contributed by atoms with van der Waals surface area (Å²) in [5, 5.41) is 5.76. The van der Waals surface area contributed by atoms with Crippen LogP contribution in [0, 0.1) is 5.82 Å². The lowest BCUT2D eigenvalue weighted by Gasteiger charge is -2.22. The molecule has 1 heterocycles. The first kappa shape index (κ1) is 15.7. The second-order valence-electron chi connectivity index (χ2n) is 4.13. The third kappa shape index (κ3) is 5.42. The summed E-state index contributed by atoms with van der Waals surface area (Å²) < 4.78 is 12.7. The van der Waals surface area contributed by atoms with Crippen molar-refractivity contribution in [1.29, 1.82) is 0 Å². The number of hydrogen-bond acceptors (Lipinski definition) is 3. The summed E-state index contributed by atoms with van der Waals surface area (Å²) in [4.78, 5) is 16.7. The molecule has 0 spiro atoms. The van der Waals surface area contributed by atoms with Crippen LogP contribution in [0.3, 0.4) is 0 Å². The van der Waals surface area contributed by atoms with Gasteiger partial charge in [0.15, 0.2) is 0 Å². The molecule has 1 aliphatic rings. The molecule has 19 heavy (non-hydrogen) atoms. The highest BCUT2D eigenvalue weighted by Crippen LogP contribution is 2.08. The molecule has 1 aromatic carbocycles. The molecule has 0 aliphatic carbocycles. The SMILES string of the molecule is Cl.O=C(NOC1CCNCC1)Nc1ccc(F)cc1. The van der Waals surface area contributed by atoms with E-state index in [1.54, 1.807) is 0 Å². The highest BCUT2D eigenvalue weighted by Gasteiger charge is 2.14. The molecular weight excluding hydrogens is 273 g/mol. The minimum Gasteiger partial charge on any atom is -0.317 e. The lowest BCUT2D eigenvalue weighted by Crippen LogP contribution is -2.38. The van der Waals surface area contributed by atoms with Crippen LogP contribution in [0.2, 0.25) is 0 Å². The van der Waals surface area contributed by atoms with Crippen LogP contribution < -0.4 is 16.1 Å². The maximum atomic E-state index is 12.7. The van der Waals surface area contributed by atoms with Crippen LogP contribution >= 0.6 is 12.4 Å². The zero-order chi connectivity index (χ0) is 12.8. The number of hydrogen-bond donors (Lipinski definition) is 3. The Kier molecular flexibility index (Phi) is 6.55. The Hall–Kier alpha value is -1.37. The number of rotatable bonds is 3. The van der Waals surface area contributed by atoms with E-state index in [-0.39, 0.29) is 24.3 Å². The van der Waals surface area contributed by atoms with Gasteiger partial charge in [-0.2, -0.15) is 0 Å². The molecule has 1 saturated heterocycles. The number of urea groups is 1. The number of benzene rings is 1. The van der Waals surface area contributed by atoms with E-state index in [1.807, 2.05) is 0 Å². The third-order valence-electron chi connectivity index (χ3n) is 2.71. The van der Waals surface area contributed by atoms with Crippen molar-refractivity contribution in [3.05, 3.63) is 30.1 Å². The third-order valence-corrected chi connectivity index (χ3v) is 2.71. The first-order chi connectivity index (χ1) is 8.74. The van der Waals surface area contributed by atoms with Crippen molar-refractivity contribution in [1.82, 2.24) is 10.8 Å². The van der Waals surface area contributed by atoms with Crippen LogP contribution in [0.25, 0.3) is 0 Å². The number of carbonyl (C=O) groups is 1. The topological polar surface area (TPSA) is 62.4 Å². The molecular formula is C12H17ClFN3O2. The number of piperidine rings is 1. The molecule has 3 N–H and O–H groups in total. The second kappa shape index (κ2) is 7.93. The number of anilines is 1. The van der Waals surface area contributed by atoms with Gasteiger partial charge >= 0.3 is 6.03 Å². The zero-order valence-corrected chi connectivity index (χ0v) is 11.1. The molecule has 7 heteroatoms. The lowest BCUT2D eigenvalue weighted by molar-refractivity contribution is -0.0162. The number of nitrogens with one attached hydrogen (secondary N) is 3. The van der Waals surface area contributed by atoms with E-state index >= 15 is 0 Å². The summed E-state index contributed by atoms with van der Waals surface area (Å²) in [5.74, 6) is -0.341. The van der Waals surface area contributed by atoms with Crippen molar-refractivity contribution in [2.75, 3.05) is 18.4 Å². The van der Waals surface area contributed by atoms with Gasteiger partial charge in [0.1, 0.15) is 5.82 Å². The average molecular weight is 290 g/mol. The van der Waals surface area contributed by atoms with Crippen molar-refractivity contribution in [3.63, 3.8) is 0 Å². The van der Waals surface area contributed by atoms with Gasteiger partial charge in [-0.25, -0.2) is 14.7 Å². The van der Waals surface area contributed by atoms with E-state index in [4.69, 9.17) is 4.84 Å². The van der Waals surface area contributed by atoms with Gasteiger partial charge < -0.3 is 10.6 Å². The predicted octanol–water partition coefficient (Wildman–Crippen LogP) is 2.05. The highest BCUT2D eigenvalue weighted by atomic mass is 35.5. The standard InChI is InChI=1S/C12H16FN3O2.ClH/c13-9-1-3-10(4-2-9)15-12(17)16-18-11-5-7-14-8-6-11;/h1-4,11,14H,5-8H2,(H2,15,16,17);1H. The predicted molar refractivity (Wildman–Crippen MR) is 72.8 cm³/mol. The molecule has 1 aliphatic heterocycles. The van der Waals surface area contributed by atoms with E-state index in [2.05, 4.69) is 16.1 Å². The van der Waals surface area contributed by atoms with Crippen molar-refractivity contribution >= 4 is 24.1 Å². The molecule has 2 rings (SSSR count). The van der Waals surface area contributed by atoms with Crippen molar-refractivity contribution in [2.24, 2.45) is 0 Å². The Morgan fingerprint density at radius 2 is 1.89 bits per heavy atom. The molecule has 0 bridgehead atoms. The number of carbonyl (C=O) groups excluding carboxylic acids is 1. The lowest BCUT2D eigenvalue weighted by atomic mass is 10.1. The van der Waals surface area contributed by atoms with Crippen LogP contribution in [0.5, 0.6) is 0 Å². The average Bonchev–Trinajstić information content (AvgIpc) is 2.40. The van der Waals surface area contributed by atoms with E-state index in [0.29, 0.717) is 5.69 Å².